The van der Waals surface area contributed by atoms with Crippen LogP contribution in [0, 0.1) is 6.92 Å². The highest BCUT2D eigenvalue weighted by Gasteiger charge is 2.09. The lowest BCUT2D eigenvalue weighted by molar-refractivity contribution is 0.0941. The second kappa shape index (κ2) is 5.94. The Kier molecular flexibility index (Phi) is 4.07. The van der Waals surface area contributed by atoms with E-state index in [-0.39, 0.29) is 18.1 Å². The van der Waals surface area contributed by atoms with E-state index in [0.717, 1.165) is 12.2 Å². The molecule has 2 aromatic heterocycles. The Hall–Kier alpha value is -2.44. The van der Waals surface area contributed by atoms with Gasteiger partial charge in [0.1, 0.15) is 5.82 Å². The summed E-state index contributed by atoms with van der Waals surface area (Å²) in [7, 11) is 0. The van der Waals surface area contributed by atoms with Gasteiger partial charge in [0.2, 0.25) is 0 Å². The highest BCUT2D eigenvalue weighted by molar-refractivity contribution is 5.92. The van der Waals surface area contributed by atoms with Gasteiger partial charge in [-0.3, -0.25) is 4.79 Å². The predicted molar refractivity (Wildman–Crippen MR) is 68.6 cm³/mol. The summed E-state index contributed by atoms with van der Waals surface area (Å²) in [6.45, 7) is 4.81. The summed E-state index contributed by atoms with van der Waals surface area (Å²) in [5.41, 5.74) is 1.04. The molecule has 0 saturated heterocycles. The Bertz CT molecular complexity index is 550. The molecule has 7 heteroatoms. The van der Waals surface area contributed by atoms with Gasteiger partial charge < -0.3 is 15.2 Å². The molecule has 0 aliphatic heterocycles. The molecule has 2 heterocycles. The van der Waals surface area contributed by atoms with Crippen molar-refractivity contribution >= 4 is 11.7 Å². The molecule has 1 amide bonds. The molecule has 19 heavy (non-hydrogen) atoms. The molecule has 0 aliphatic rings. The van der Waals surface area contributed by atoms with Gasteiger partial charge in [0, 0.05) is 12.6 Å². The van der Waals surface area contributed by atoms with Crippen LogP contribution >= 0.6 is 0 Å². The molecule has 0 saturated carbocycles. The molecule has 2 N–H and O–H groups in total. The van der Waals surface area contributed by atoms with Crippen molar-refractivity contribution in [2.45, 2.75) is 20.4 Å². The minimum atomic E-state index is -0.301. The molecule has 0 fully saturated rings. The molecular weight excluding hydrogens is 246 g/mol. The van der Waals surface area contributed by atoms with Crippen LogP contribution in [0.5, 0.6) is 0 Å². The van der Waals surface area contributed by atoms with E-state index in [1.54, 1.807) is 18.2 Å². The monoisotopic (exact) mass is 261 g/mol. The maximum atomic E-state index is 11.8. The lowest BCUT2D eigenvalue weighted by atomic mass is 10.3. The maximum Gasteiger partial charge on any atom is 0.272 e. The molecule has 2 rings (SSSR count). The summed E-state index contributed by atoms with van der Waals surface area (Å²) in [6.07, 6.45) is 0. The first-order valence-electron chi connectivity index (χ1n) is 5.97. The molecule has 0 unspecified atom stereocenters. The summed E-state index contributed by atoms with van der Waals surface area (Å²) in [6, 6.07) is 5.09. The molecule has 0 atom stereocenters. The van der Waals surface area contributed by atoms with E-state index in [1.165, 1.54) is 0 Å². The van der Waals surface area contributed by atoms with Crippen LogP contribution < -0.4 is 10.6 Å². The fourth-order valence-electron chi connectivity index (χ4n) is 1.49. The Morgan fingerprint density at radius 1 is 1.37 bits per heavy atom. The number of hydrogen-bond donors (Lipinski definition) is 2. The van der Waals surface area contributed by atoms with Gasteiger partial charge in [-0.1, -0.05) is 5.16 Å². The fourth-order valence-corrected chi connectivity index (χ4v) is 1.49. The Morgan fingerprint density at radius 2 is 2.21 bits per heavy atom. The third-order valence-corrected chi connectivity index (χ3v) is 2.36. The molecule has 0 aliphatic carbocycles. The van der Waals surface area contributed by atoms with Crippen molar-refractivity contribution in [2.24, 2.45) is 0 Å². The van der Waals surface area contributed by atoms with Gasteiger partial charge in [0.15, 0.2) is 11.5 Å². The van der Waals surface area contributed by atoms with Crippen LogP contribution in [0.15, 0.2) is 22.7 Å². The summed E-state index contributed by atoms with van der Waals surface area (Å²) >= 11 is 0. The zero-order chi connectivity index (χ0) is 13.7. The minimum Gasteiger partial charge on any atom is -0.369 e. The van der Waals surface area contributed by atoms with Crippen LogP contribution in [0.2, 0.25) is 0 Å². The van der Waals surface area contributed by atoms with Crippen molar-refractivity contribution in [3.8, 4) is 0 Å². The highest BCUT2D eigenvalue weighted by Crippen LogP contribution is 2.03. The summed E-state index contributed by atoms with van der Waals surface area (Å²) in [4.78, 5) is 11.8. The second-order valence-corrected chi connectivity index (χ2v) is 3.95. The first-order valence-corrected chi connectivity index (χ1v) is 5.97. The average Bonchev–Trinajstić information content (AvgIpc) is 2.83. The molecular formula is C12H15N5O2. The van der Waals surface area contributed by atoms with Crippen molar-refractivity contribution in [3.05, 3.63) is 35.3 Å². The number of hydrogen-bond acceptors (Lipinski definition) is 6. The average molecular weight is 261 g/mol. The third-order valence-electron chi connectivity index (χ3n) is 2.36. The largest absolute Gasteiger partial charge is 0.369 e. The molecule has 7 nitrogen and oxygen atoms in total. The molecule has 0 aromatic carbocycles. The van der Waals surface area contributed by atoms with E-state index < -0.39 is 0 Å². The summed E-state index contributed by atoms with van der Waals surface area (Å²) in [5.74, 6) is 0.942. The number of aryl methyl sites for hydroxylation is 1. The van der Waals surface area contributed by atoms with E-state index in [4.69, 9.17) is 4.52 Å². The normalized spacial score (nSPS) is 10.2. The van der Waals surface area contributed by atoms with Gasteiger partial charge in [-0.25, -0.2) is 0 Å². The third kappa shape index (κ3) is 3.51. The molecule has 0 spiro atoms. The van der Waals surface area contributed by atoms with Crippen molar-refractivity contribution in [1.29, 1.82) is 0 Å². The van der Waals surface area contributed by atoms with Crippen molar-refractivity contribution in [3.63, 3.8) is 0 Å². The van der Waals surface area contributed by atoms with Gasteiger partial charge in [-0.2, -0.15) is 0 Å². The van der Waals surface area contributed by atoms with Crippen molar-refractivity contribution < 1.29 is 9.32 Å². The molecule has 100 valence electrons. The number of nitrogens with one attached hydrogen (secondary N) is 2. The first kappa shape index (κ1) is 13.0. The van der Waals surface area contributed by atoms with Gasteiger partial charge in [-0.05, 0) is 26.0 Å². The lowest BCUT2D eigenvalue weighted by Crippen LogP contribution is -2.24. The number of carbonyl (C=O) groups is 1. The van der Waals surface area contributed by atoms with Crippen LogP contribution in [0.4, 0.5) is 5.82 Å². The van der Waals surface area contributed by atoms with E-state index in [0.29, 0.717) is 11.6 Å². The number of aromatic nitrogens is 3. The minimum absolute atomic E-state index is 0.262. The van der Waals surface area contributed by atoms with E-state index in [2.05, 4.69) is 26.0 Å². The molecule has 0 radical (unpaired) electrons. The van der Waals surface area contributed by atoms with Crippen molar-refractivity contribution in [2.75, 3.05) is 11.9 Å². The Balaban J connectivity index is 1.92. The SMILES string of the molecule is CCNc1ccc(C(=O)NCc2cc(C)no2)nn1. The first-order chi connectivity index (χ1) is 9.19. The van der Waals surface area contributed by atoms with Crippen LogP contribution in [0.25, 0.3) is 0 Å². The zero-order valence-corrected chi connectivity index (χ0v) is 10.8. The number of anilines is 1. The van der Waals surface area contributed by atoms with Crippen LogP contribution in [-0.2, 0) is 6.54 Å². The van der Waals surface area contributed by atoms with Crippen molar-refractivity contribution in [1.82, 2.24) is 20.7 Å². The van der Waals surface area contributed by atoms with Gasteiger partial charge in [-0.15, -0.1) is 10.2 Å². The topological polar surface area (TPSA) is 92.9 Å². The molecule has 0 bridgehead atoms. The number of amides is 1. The number of carbonyl (C=O) groups excluding carboxylic acids is 1. The number of nitrogens with zero attached hydrogens (tertiary/aromatic N) is 3. The van der Waals surface area contributed by atoms with Crippen LogP contribution in [-0.4, -0.2) is 27.8 Å². The fraction of sp³-hybridized carbons (Fsp3) is 0.333. The van der Waals surface area contributed by atoms with Gasteiger partial charge in [0.25, 0.3) is 5.91 Å². The smallest absolute Gasteiger partial charge is 0.272 e. The predicted octanol–water partition coefficient (Wildman–Crippen LogP) is 1.13. The Labute approximate surface area is 110 Å². The van der Waals surface area contributed by atoms with Gasteiger partial charge >= 0.3 is 0 Å². The molecule has 2 aromatic rings. The quantitative estimate of drug-likeness (QED) is 0.838. The van der Waals surface area contributed by atoms with E-state index in [9.17, 15) is 4.79 Å². The van der Waals surface area contributed by atoms with Crippen LogP contribution in [0.3, 0.4) is 0 Å². The standard InChI is InChI=1S/C12H15N5O2/c1-3-13-11-5-4-10(15-16-11)12(18)14-7-9-6-8(2)17-19-9/h4-6H,3,7H2,1-2H3,(H,13,16)(H,14,18). The number of rotatable bonds is 5. The summed E-state index contributed by atoms with van der Waals surface area (Å²) in [5, 5.41) is 17.2. The Morgan fingerprint density at radius 3 is 2.79 bits per heavy atom. The zero-order valence-electron chi connectivity index (χ0n) is 10.8. The highest BCUT2D eigenvalue weighted by atomic mass is 16.5. The second-order valence-electron chi connectivity index (χ2n) is 3.95. The van der Waals surface area contributed by atoms with E-state index >= 15 is 0 Å². The van der Waals surface area contributed by atoms with E-state index in [1.807, 2.05) is 13.8 Å². The maximum absolute atomic E-state index is 11.8. The lowest BCUT2D eigenvalue weighted by Gasteiger charge is -2.03. The van der Waals surface area contributed by atoms with Crippen LogP contribution in [0.1, 0.15) is 28.9 Å². The van der Waals surface area contributed by atoms with Gasteiger partial charge in [0.05, 0.1) is 12.2 Å². The summed E-state index contributed by atoms with van der Waals surface area (Å²) < 4.78 is 4.99.